The number of carboxylic acid groups (broad SMARTS) is 1. The molecule has 1 heterocycles. The zero-order valence-corrected chi connectivity index (χ0v) is 17.8. The van der Waals surface area contributed by atoms with Crippen LogP contribution in [0.5, 0.6) is 0 Å². The molecule has 5 atom stereocenters. The Bertz CT molecular complexity index is 753. The maximum atomic E-state index is 13.2. The molecule has 1 aliphatic heterocycles. The first-order valence-corrected chi connectivity index (χ1v) is 10.9. The van der Waals surface area contributed by atoms with E-state index in [9.17, 15) is 19.5 Å². The normalized spacial score (nSPS) is 24.9. The predicted molar refractivity (Wildman–Crippen MR) is 112 cm³/mol. The van der Waals surface area contributed by atoms with E-state index in [4.69, 9.17) is 4.74 Å². The zero-order chi connectivity index (χ0) is 21.7. The molecule has 30 heavy (non-hydrogen) atoms. The van der Waals surface area contributed by atoms with Gasteiger partial charge in [-0.2, -0.15) is 0 Å². The molecule has 1 aliphatic carbocycles. The summed E-state index contributed by atoms with van der Waals surface area (Å²) in [5.74, 6) is -1.31. The maximum absolute atomic E-state index is 13.2. The van der Waals surface area contributed by atoms with Gasteiger partial charge < -0.3 is 14.7 Å². The second kappa shape index (κ2) is 10.1. The highest BCUT2D eigenvalue weighted by Gasteiger charge is 2.49. The highest BCUT2D eigenvalue weighted by molar-refractivity contribution is 5.88. The molecule has 1 aromatic rings. The van der Waals surface area contributed by atoms with Crippen molar-refractivity contribution in [2.45, 2.75) is 76.5 Å². The third-order valence-corrected chi connectivity index (χ3v) is 6.33. The summed E-state index contributed by atoms with van der Waals surface area (Å²) >= 11 is 0. The highest BCUT2D eigenvalue weighted by atomic mass is 16.5. The van der Waals surface area contributed by atoms with E-state index in [1.165, 1.54) is 0 Å². The SMILES string of the molecule is CCOC(=O)C(CCc1ccccc1)NC(C)C(=O)N1C2CCCC2C[C@H]1C(=O)O. The Kier molecular flexibility index (Phi) is 7.48. The van der Waals surface area contributed by atoms with Crippen molar-refractivity contribution in [2.75, 3.05) is 6.61 Å². The maximum Gasteiger partial charge on any atom is 0.326 e. The molecule has 0 bridgehead atoms. The monoisotopic (exact) mass is 416 g/mol. The summed E-state index contributed by atoms with van der Waals surface area (Å²) in [5, 5.41) is 12.8. The largest absolute Gasteiger partial charge is 0.480 e. The minimum Gasteiger partial charge on any atom is -0.480 e. The van der Waals surface area contributed by atoms with Gasteiger partial charge in [-0.05, 0) is 57.4 Å². The number of likely N-dealkylation sites (tertiary alicyclic amines) is 1. The van der Waals surface area contributed by atoms with Crippen molar-refractivity contribution >= 4 is 17.8 Å². The van der Waals surface area contributed by atoms with Gasteiger partial charge in [0.05, 0.1) is 12.6 Å². The number of aryl methyl sites for hydroxylation is 1. The van der Waals surface area contributed by atoms with Crippen molar-refractivity contribution in [1.29, 1.82) is 0 Å². The molecule has 2 N–H and O–H groups in total. The molecule has 0 aromatic heterocycles. The number of amides is 1. The van der Waals surface area contributed by atoms with E-state index in [0.29, 0.717) is 19.3 Å². The number of hydrogen-bond acceptors (Lipinski definition) is 5. The van der Waals surface area contributed by atoms with E-state index in [1.54, 1.807) is 18.7 Å². The predicted octanol–water partition coefficient (Wildman–Crippen LogP) is 2.38. The van der Waals surface area contributed by atoms with Gasteiger partial charge in [0.25, 0.3) is 0 Å². The standard InChI is InChI=1S/C23H32N2O5/c1-3-30-23(29)18(13-12-16-8-5-4-6-9-16)24-15(2)21(26)25-19-11-7-10-17(19)14-20(25)22(27)28/h4-6,8-9,15,17-20,24H,3,7,10-14H2,1-2H3,(H,27,28)/t15?,17?,18?,19?,20-/m0/s1. The number of carbonyl (C=O) groups excluding carboxylic acids is 2. The molecule has 1 saturated heterocycles. The molecule has 1 aromatic carbocycles. The zero-order valence-electron chi connectivity index (χ0n) is 17.8. The number of nitrogens with one attached hydrogen (secondary N) is 1. The van der Waals surface area contributed by atoms with Gasteiger partial charge in [0.15, 0.2) is 0 Å². The molecule has 0 radical (unpaired) electrons. The minimum absolute atomic E-state index is 0.00629. The number of nitrogens with zero attached hydrogens (tertiary/aromatic N) is 1. The smallest absolute Gasteiger partial charge is 0.326 e. The Labute approximate surface area is 177 Å². The van der Waals surface area contributed by atoms with Crippen molar-refractivity contribution in [3.05, 3.63) is 35.9 Å². The Morgan fingerprint density at radius 1 is 1.23 bits per heavy atom. The van der Waals surface area contributed by atoms with Crippen LogP contribution in [-0.2, 0) is 25.5 Å². The van der Waals surface area contributed by atoms with Gasteiger partial charge in [-0.15, -0.1) is 0 Å². The summed E-state index contributed by atoms with van der Waals surface area (Å²) in [5.41, 5.74) is 1.10. The molecule has 3 rings (SSSR count). The molecular formula is C23H32N2O5. The molecule has 2 fully saturated rings. The first kappa shape index (κ1) is 22.3. The van der Waals surface area contributed by atoms with Crippen LogP contribution in [0.15, 0.2) is 30.3 Å². The topological polar surface area (TPSA) is 95.9 Å². The Hall–Kier alpha value is -2.41. The fraction of sp³-hybridized carbons (Fsp3) is 0.609. The number of carboxylic acids is 1. The number of fused-ring (bicyclic) bond motifs is 1. The lowest BCUT2D eigenvalue weighted by atomic mass is 10.0. The van der Waals surface area contributed by atoms with E-state index in [1.807, 2.05) is 30.3 Å². The first-order chi connectivity index (χ1) is 14.4. The molecule has 7 heteroatoms. The summed E-state index contributed by atoms with van der Waals surface area (Å²) in [6, 6.07) is 7.76. The molecule has 0 spiro atoms. The van der Waals surface area contributed by atoms with E-state index in [-0.39, 0.29) is 30.4 Å². The highest BCUT2D eigenvalue weighted by Crippen LogP contribution is 2.41. The number of ether oxygens (including phenoxy) is 1. The average Bonchev–Trinajstić information content (AvgIpc) is 3.32. The molecule has 1 amide bonds. The lowest BCUT2D eigenvalue weighted by molar-refractivity contribution is -0.151. The van der Waals surface area contributed by atoms with Gasteiger partial charge in [-0.3, -0.25) is 14.9 Å². The summed E-state index contributed by atoms with van der Waals surface area (Å²) in [7, 11) is 0. The first-order valence-electron chi connectivity index (χ1n) is 10.9. The second-order valence-electron chi connectivity index (χ2n) is 8.31. The summed E-state index contributed by atoms with van der Waals surface area (Å²) in [6.45, 7) is 3.72. The molecule has 2 aliphatic rings. The Morgan fingerprint density at radius 2 is 1.97 bits per heavy atom. The van der Waals surface area contributed by atoms with Gasteiger partial charge in [0, 0.05) is 6.04 Å². The summed E-state index contributed by atoms with van der Waals surface area (Å²) in [4.78, 5) is 39.1. The fourth-order valence-corrected chi connectivity index (χ4v) is 4.89. The summed E-state index contributed by atoms with van der Waals surface area (Å²) in [6.07, 6.45) is 4.54. The van der Waals surface area contributed by atoms with Crippen molar-refractivity contribution in [1.82, 2.24) is 10.2 Å². The van der Waals surface area contributed by atoms with Crippen LogP contribution in [0.1, 0.15) is 51.5 Å². The fourth-order valence-electron chi connectivity index (χ4n) is 4.89. The van der Waals surface area contributed by atoms with Crippen LogP contribution in [0, 0.1) is 5.92 Å². The van der Waals surface area contributed by atoms with Crippen LogP contribution in [0.4, 0.5) is 0 Å². The van der Waals surface area contributed by atoms with Gasteiger partial charge in [-0.25, -0.2) is 4.79 Å². The molecule has 7 nitrogen and oxygen atoms in total. The van der Waals surface area contributed by atoms with E-state index >= 15 is 0 Å². The molecule has 164 valence electrons. The minimum atomic E-state index is -0.948. The number of carbonyl (C=O) groups is 3. The van der Waals surface area contributed by atoms with Crippen LogP contribution in [-0.4, -0.2) is 58.6 Å². The van der Waals surface area contributed by atoms with Crippen molar-refractivity contribution in [3.63, 3.8) is 0 Å². The number of hydrogen-bond donors (Lipinski definition) is 2. The van der Waals surface area contributed by atoms with Crippen LogP contribution < -0.4 is 5.32 Å². The Balaban J connectivity index is 1.68. The number of esters is 1. The van der Waals surface area contributed by atoms with Crippen molar-refractivity contribution in [2.24, 2.45) is 5.92 Å². The third kappa shape index (κ3) is 5.01. The van der Waals surface area contributed by atoms with Gasteiger partial charge in [0.1, 0.15) is 12.1 Å². The third-order valence-electron chi connectivity index (χ3n) is 6.33. The molecule has 1 saturated carbocycles. The second-order valence-corrected chi connectivity index (χ2v) is 8.31. The quantitative estimate of drug-likeness (QED) is 0.600. The number of benzene rings is 1. The molecular weight excluding hydrogens is 384 g/mol. The van der Waals surface area contributed by atoms with Crippen LogP contribution in [0.3, 0.4) is 0 Å². The molecule has 4 unspecified atom stereocenters. The Morgan fingerprint density at radius 3 is 2.63 bits per heavy atom. The summed E-state index contributed by atoms with van der Waals surface area (Å²) < 4.78 is 5.21. The van der Waals surface area contributed by atoms with Crippen molar-refractivity contribution < 1.29 is 24.2 Å². The van der Waals surface area contributed by atoms with E-state index in [2.05, 4.69) is 5.32 Å². The number of rotatable bonds is 9. The van der Waals surface area contributed by atoms with E-state index in [0.717, 1.165) is 24.8 Å². The van der Waals surface area contributed by atoms with Crippen LogP contribution >= 0.6 is 0 Å². The van der Waals surface area contributed by atoms with Crippen LogP contribution in [0.2, 0.25) is 0 Å². The van der Waals surface area contributed by atoms with Gasteiger partial charge in [0.2, 0.25) is 5.91 Å². The average molecular weight is 417 g/mol. The lowest BCUT2D eigenvalue weighted by Gasteiger charge is -2.31. The van der Waals surface area contributed by atoms with Crippen molar-refractivity contribution in [3.8, 4) is 0 Å². The number of aliphatic carboxylic acids is 1. The van der Waals surface area contributed by atoms with E-state index < -0.39 is 24.1 Å². The van der Waals surface area contributed by atoms with Crippen LogP contribution in [0.25, 0.3) is 0 Å². The lowest BCUT2D eigenvalue weighted by Crippen LogP contribution is -2.55. The van der Waals surface area contributed by atoms with Gasteiger partial charge >= 0.3 is 11.9 Å². The van der Waals surface area contributed by atoms with Gasteiger partial charge in [-0.1, -0.05) is 36.8 Å².